The summed E-state index contributed by atoms with van der Waals surface area (Å²) in [6.45, 7) is 8.22. The molecule has 3 nitrogen and oxygen atoms in total. The number of carbonyl (C=O) groups is 1. The van der Waals surface area contributed by atoms with Crippen molar-refractivity contribution in [1.82, 2.24) is 4.98 Å². The third-order valence-corrected chi connectivity index (χ3v) is 4.52. The van der Waals surface area contributed by atoms with Crippen LogP contribution in [-0.4, -0.2) is 16.1 Å². The Morgan fingerprint density at radius 3 is 2.30 bits per heavy atom. The number of benzene rings is 1. The summed E-state index contributed by atoms with van der Waals surface area (Å²) in [7, 11) is 0. The maximum Gasteiger partial charge on any atom is 0.347 e. The second-order valence-corrected chi connectivity index (χ2v) is 6.18. The van der Waals surface area contributed by atoms with Crippen molar-refractivity contribution in [1.29, 1.82) is 0 Å². The predicted octanol–water partition coefficient (Wildman–Crippen LogP) is 3.92. The Kier molecular flexibility index (Phi) is 4.23. The zero-order chi connectivity index (χ0) is 14.9. The number of hydrogen-bond donors (Lipinski definition) is 1. The fraction of sp³-hybridized carbons (Fsp3) is 0.375. The van der Waals surface area contributed by atoms with Gasteiger partial charge in [0.25, 0.3) is 0 Å². The molecule has 0 fully saturated rings. The van der Waals surface area contributed by atoms with Gasteiger partial charge in [-0.1, -0.05) is 24.6 Å². The first-order chi connectivity index (χ1) is 9.42. The summed E-state index contributed by atoms with van der Waals surface area (Å²) in [5.74, 6) is -0.872. The van der Waals surface area contributed by atoms with Crippen LogP contribution in [0.4, 0.5) is 0 Å². The van der Waals surface area contributed by atoms with Crippen molar-refractivity contribution in [3.63, 3.8) is 0 Å². The Labute approximate surface area is 123 Å². The van der Waals surface area contributed by atoms with Crippen LogP contribution in [0.1, 0.15) is 49.6 Å². The van der Waals surface area contributed by atoms with Gasteiger partial charge in [-0.2, -0.15) is 0 Å². The summed E-state index contributed by atoms with van der Waals surface area (Å²) in [5, 5.41) is 10.1. The molecule has 1 aromatic heterocycles. The van der Waals surface area contributed by atoms with Crippen molar-refractivity contribution >= 4 is 17.3 Å². The number of nitrogens with zero attached hydrogens (tertiary/aromatic N) is 1. The van der Waals surface area contributed by atoms with E-state index in [0.29, 0.717) is 23.4 Å². The molecule has 0 aliphatic heterocycles. The van der Waals surface area contributed by atoms with Gasteiger partial charge in [0.15, 0.2) is 0 Å². The van der Waals surface area contributed by atoms with E-state index in [9.17, 15) is 9.90 Å². The first kappa shape index (κ1) is 14.7. The van der Waals surface area contributed by atoms with E-state index in [-0.39, 0.29) is 0 Å². The van der Waals surface area contributed by atoms with Crippen LogP contribution in [0.5, 0.6) is 0 Å². The third kappa shape index (κ3) is 2.90. The SMILES string of the molecule is CCc1nc(Cc2c(C)cc(C)cc2C)sc1C(=O)O. The van der Waals surface area contributed by atoms with Gasteiger partial charge in [-0.25, -0.2) is 9.78 Å². The minimum Gasteiger partial charge on any atom is -0.477 e. The van der Waals surface area contributed by atoms with Gasteiger partial charge in [-0.05, 0) is 43.9 Å². The van der Waals surface area contributed by atoms with Crippen LogP contribution in [0.25, 0.3) is 0 Å². The molecule has 0 amide bonds. The molecule has 1 heterocycles. The Hall–Kier alpha value is -1.68. The van der Waals surface area contributed by atoms with E-state index < -0.39 is 5.97 Å². The standard InChI is InChI=1S/C16H19NO2S/c1-5-13-15(16(18)19)20-14(17-13)8-12-10(3)6-9(2)7-11(12)4/h6-7H,5,8H2,1-4H3,(H,18,19). The minimum atomic E-state index is -0.872. The van der Waals surface area contributed by atoms with Crippen molar-refractivity contribution in [2.75, 3.05) is 0 Å². The minimum absolute atomic E-state index is 0.380. The van der Waals surface area contributed by atoms with Crippen LogP contribution in [0.3, 0.4) is 0 Å². The van der Waals surface area contributed by atoms with Gasteiger partial charge in [0.1, 0.15) is 4.88 Å². The van der Waals surface area contributed by atoms with E-state index >= 15 is 0 Å². The lowest BCUT2D eigenvalue weighted by molar-refractivity contribution is 0.0701. The van der Waals surface area contributed by atoms with Crippen molar-refractivity contribution in [2.24, 2.45) is 0 Å². The molecule has 0 radical (unpaired) electrons. The van der Waals surface area contributed by atoms with Crippen molar-refractivity contribution < 1.29 is 9.90 Å². The molecule has 0 spiro atoms. The average Bonchev–Trinajstić information content (AvgIpc) is 2.77. The fourth-order valence-corrected chi connectivity index (χ4v) is 3.53. The van der Waals surface area contributed by atoms with Crippen molar-refractivity contribution in [2.45, 2.75) is 40.5 Å². The summed E-state index contributed by atoms with van der Waals surface area (Å²) in [5.41, 5.74) is 5.69. The average molecular weight is 289 g/mol. The molecule has 0 aliphatic carbocycles. The van der Waals surface area contributed by atoms with E-state index in [1.807, 2.05) is 6.92 Å². The number of thiazole rings is 1. The van der Waals surface area contributed by atoms with E-state index in [4.69, 9.17) is 0 Å². The Bertz CT molecular complexity index is 635. The van der Waals surface area contributed by atoms with Crippen LogP contribution >= 0.6 is 11.3 Å². The third-order valence-electron chi connectivity index (χ3n) is 3.44. The molecular formula is C16H19NO2S. The molecule has 0 saturated carbocycles. The van der Waals surface area contributed by atoms with E-state index in [2.05, 4.69) is 37.9 Å². The normalized spacial score (nSPS) is 10.8. The summed E-state index contributed by atoms with van der Waals surface area (Å²) in [6, 6.07) is 4.32. The number of hydrogen-bond acceptors (Lipinski definition) is 3. The number of aromatic nitrogens is 1. The Morgan fingerprint density at radius 2 is 1.85 bits per heavy atom. The second-order valence-electron chi connectivity index (χ2n) is 5.10. The number of carboxylic acids is 1. The van der Waals surface area contributed by atoms with E-state index in [1.54, 1.807) is 0 Å². The zero-order valence-electron chi connectivity index (χ0n) is 12.3. The smallest absolute Gasteiger partial charge is 0.347 e. The highest BCUT2D eigenvalue weighted by molar-refractivity contribution is 7.13. The summed E-state index contributed by atoms with van der Waals surface area (Å²) < 4.78 is 0. The van der Waals surface area contributed by atoms with Gasteiger partial charge in [-0.15, -0.1) is 11.3 Å². The van der Waals surface area contributed by atoms with Crippen molar-refractivity contribution in [3.8, 4) is 0 Å². The molecule has 1 N–H and O–H groups in total. The zero-order valence-corrected chi connectivity index (χ0v) is 13.1. The molecule has 0 bridgehead atoms. The molecule has 0 atom stereocenters. The Balaban J connectivity index is 2.38. The molecule has 2 aromatic rings. The molecular weight excluding hydrogens is 270 g/mol. The van der Waals surface area contributed by atoms with Gasteiger partial charge in [0.05, 0.1) is 10.7 Å². The summed E-state index contributed by atoms with van der Waals surface area (Å²) in [4.78, 5) is 16.1. The molecule has 0 saturated heterocycles. The maximum absolute atomic E-state index is 11.2. The first-order valence-electron chi connectivity index (χ1n) is 6.71. The van der Waals surface area contributed by atoms with Crippen LogP contribution < -0.4 is 0 Å². The molecule has 0 aliphatic rings. The number of aromatic carboxylic acids is 1. The highest BCUT2D eigenvalue weighted by atomic mass is 32.1. The highest BCUT2D eigenvalue weighted by Crippen LogP contribution is 2.25. The van der Waals surface area contributed by atoms with Crippen LogP contribution in [-0.2, 0) is 12.8 Å². The van der Waals surface area contributed by atoms with Crippen LogP contribution in [0.15, 0.2) is 12.1 Å². The Morgan fingerprint density at radius 1 is 1.25 bits per heavy atom. The molecule has 20 heavy (non-hydrogen) atoms. The predicted molar refractivity (Wildman–Crippen MR) is 81.9 cm³/mol. The molecule has 106 valence electrons. The van der Waals surface area contributed by atoms with Crippen molar-refractivity contribution in [3.05, 3.63) is 50.0 Å². The molecule has 2 rings (SSSR count). The lowest BCUT2D eigenvalue weighted by atomic mass is 9.98. The van der Waals surface area contributed by atoms with Gasteiger partial charge < -0.3 is 5.11 Å². The number of aryl methyl sites for hydroxylation is 4. The van der Waals surface area contributed by atoms with E-state index in [0.717, 1.165) is 5.01 Å². The number of carboxylic acid groups (broad SMARTS) is 1. The van der Waals surface area contributed by atoms with Crippen LogP contribution in [0.2, 0.25) is 0 Å². The van der Waals surface area contributed by atoms with Crippen LogP contribution in [0, 0.1) is 20.8 Å². The number of rotatable bonds is 4. The van der Waals surface area contributed by atoms with Gasteiger partial charge >= 0.3 is 5.97 Å². The first-order valence-corrected chi connectivity index (χ1v) is 7.52. The molecule has 1 aromatic carbocycles. The summed E-state index contributed by atoms with van der Waals surface area (Å²) >= 11 is 1.30. The molecule has 4 heteroatoms. The quantitative estimate of drug-likeness (QED) is 0.928. The second kappa shape index (κ2) is 5.75. The fourth-order valence-electron chi connectivity index (χ4n) is 2.52. The topological polar surface area (TPSA) is 50.2 Å². The van der Waals surface area contributed by atoms with Gasteiger partial charge in [0.2, 0.25) is 0 Å². The van der Waals surface area contributed by atoms with E-state index in [1.165, 1.54) is 33.6 Å². The van der Waals surface area contributed by atoms with Gasteiger partial charge in [0, 0.05) is 6.42 Å². The highest BCUT2D eigenvalue weighted by Gasteiger charge is 2.17. The monoisotopic (exact) mass is 289 g/mol. The summed E-state index contributed by atoms with van der Waals surface area (Å²) in [6.07, 6.45) is 1.37. The van der Waals surface area contributed by atoms with Gasteiger partial charge in [-0.3, -0.25) is 0 Å². The molecule has 0 unspecified atom stereocenters. The lowest BCUT2D eigenvalue weighted by Gasteiger charge is -2.09. The largest absolute Gasteiger partial charge is 0.477 e. The maximum atomic E-state index is 11.2. The lowest BCUT2D eigenvalue weighted by Crippen LogP contribution is -1.97.